The fourth-order valence-electron chi connectivity index (χ4n) is 2.33. The van der Waals surface area contributed by atoms with Crippen molar-refractivity contribution in [1.82, 2.24) is 0 Å². The first-order chi connectivity index (χ1) is 8.85. The van der Waals surface area contributed by atoms with E-state index in [1.165, 1.54) is 5.56 Å². The third-order valence-electron chi connectivity index (χ3n) is 3.59. The molecule has 1 aromatic rings. The van der Waals surface area contributed by atoms with Gasteiger partial charge >= 0.3 is 0 Å². The summed E-state index contributed by atoms with van der Waals surface area (Å²) >= 11 is 0. The van der Waals surface area contributed by atoms with Crippen LogP contribution in [0.3, 0.4) is 0 Å². The van der Waals surface area contributed by atoms with Gasteiger partial charge in [0.15, 0.2) is 9.84 Å². The van der Waals surface area contributed by atoms with Gasteiger partial charge in [0.1, 0.15) is 0 Å². The van der Waals surface area contributed by atoms with Crippen LogP contribution in [-0.4, -0.2) is 25.8 Å². The third-order valence-corrected chi connectivity index (χ3v) is 5.43. The van der Waals surface area contributed by atoms with Gasteiger partial charge in [-0.3, -0.25) is 4.79 Å². The lowest BCUT2D eigenvalue weighted by Crippen LogP contribution is -2.17. The number of sulfone groups is 1. The van der Waals surface area contributed by atoms with Crippen LogP contribution in [0.5, 0.6) is 0 Å². The van der Waals surface area contributed by atoms with E-state index in [1.54, 1.807) is 0 Å². The van der Waals surface area contributed by atoms with Crippen LogP contribution < -0.4 is 5.32 Å². The van der Waals surface area contributed by atoms with Gasteiger partial charge in [0.25, 0.3) is 0 Å². The Morgan fingerprint density at radius 1 is 1.32 bits per heavy atom. The van der Waals surface area contributed by atoms with Crippen LogP contribution in [0, 0.1) is 19.8 Å². The van der Waals surface area contributed by atoms with Gasteiger partial charge in [0.2, 0.25) is 5.91 Å². The maximum Gasteiger partial charge on any atom is 0.224 e. The first kappa shape index (κ1) is 14.1. The second-order valence-electron chi connectivity index (χ2n) is 5.32. The smallest absolute Gasteiger partial charge is 0.224 e. The van der Waals surface area contributed by atoms with Crippen LogP contribution in [0.15, 0.2) is 18.2 Å². The van der Waals surface area contributed by atoms with Crippen LogP contribution in [0.4, 0.5) is 5.69 Å². The van der Waals surface area contributed by atoms with E-state index in [4.69, 9.17) is 0 Å². The van der Waals surface area contributed by atoms with Crippen molar-refractivity contribution in [3.63, 3.8) is 0 Å². The van der Waals surface area contributed by atoms with Crippen LogP contribution in [-0.2, 0) is 14.6 Å². The Morgan fingerprint density at radius 3 is 2.63 bits per heavy atom. The molecule has 5 heteroatoms. The van der Waals surface area contributed by atoms with E-state index < -0.39 is 9.84 Å². The highest BCUT2D eigenvalue weighted by Crippen LogP contribution is 2.22. The number of aryl methyl sites for hydroxylation is 2. The van der Waals surface area contributed by atoms with E-state index in [-0.39, 0.29) is 29.8 Å². The minimum Gasteiger partial charge on any atom is -0.326 e. The number of nitrogens with one attached hydrogen (secondary N) is 1. The molecule has 1 aliphatic heterocycles. The topological polar surface area (TPSA) is 63.2 Å². The normalized spacial score (nSPS) is 21.3. The van der Waals surface area contributed by atoms with Crippen molar-refractivity contribution in [2.24, 2.45) is 5.92 Å². The number of amides is 1. The van der Waals surface area contributed by atoms with Gasteiger partial charge in [0.05, 0.1) is 11.5 Å². The van der Waals surface area contributed by atoms with E-state index in [2.05, 4.69) is 5.32 Å². The average molecular weight is 281 g/mol. The summed E-state index contributed by atoms with van der Waals surface area (Å²) in [7, 11) is -2.91. The fraction of sp³-hybridized carbons (Fsp3) is 0.500. The van der Waals surface area contributed by atoms with Crippen LogP contribution in [0.2, 0.25) is 0 Å². The lowest BCUT2D eigenvalue weighted by molar-refractivity contribution is -0.116. The summed E-state index contributed by atoms with van der Waals surface area (Å²) < 4.78 is 22.7. The molecule has 1 atom stereocenters. The molecule has 1 amide bonds. The Kier molecular flexibility index (Phi) is 3.94. The summed E-state index contributed by atoms with van der Waals surface area (Å²) in [6.07, 6.45) is 0.884. The Hall–Kier alpha value is -1.36. The molecule has 4 nitrogen and oxygen atoms in total. The van der Waals surface area contributed by atoms with E-state index in [0.29, 0.717) is 6.42 Å². The summed E-state index contributed by atoms with van der Waals surface area (Å²) in [6, 6.07) is 5.76. The minimum absolute atomic E-state index is 0.0310. The molecule has 0 bridgehead atoms. The van der Waals surface area contributed by atoms with Crippen molar-refractivity contribution in [3.05, 3.63) is 29.3 Å². The minimum atomic E-state index is -2.91. The molecule has 1 N–H and O–H groups in total. The summed E-state index contributed by atoms with van der Waals surface area (Å²) in [5, 5.41) is 2.83. The Labute approximate surface area is 114 Å². The SMILES string of the molecule is Cc1ccc(NC(=O)CC2CCS(=O)(=O)C2)cc1C. The van der Waals surface area contributed by atoms with Crippen molar-refractivity contribution in [3.8, 4) is 0 Å². The van der Waals surface area contributed by atoms with Gasteiger partial charge in [-0.25, -0.2) is 8.42 Å². The van der Waals surface area contributed by atoms with E-state index in [0.717, 1.165) is 11.3 Å². The van der Waals surface area contributed by atoms with Crippen LogP contribution in [0.25, 0.3) is 0 Å². The van der Waals surface area contributed by atoms with Gasteiger partial charge in [-0.05, 0) is 49.4 Å². The third kappa shape index (κ3) is 3.80. The maximum absolute atomic E-state index is 11.9. The van der Waals surface area contributed by atoms with Crippen molar-refractivity contribution < 1.29 is 13.2 Å². The highest BCUT2D eigenvalue weighted by Gasteiger charge is 2.29. The Morgan fingerprint density at radius 2 is 2.05 bits per heavy atom. The van der Waals surface area contributed by atoms with Gasteiger partial charge < -0.3 is 5.32 Å². The molecule has 0 aromatic heterocycles. The van der Waals surface area contributed by atoms with Gasteiger partial charge in [0, 0.05) is 12.1 Å². The van der Waals surface area contributed by atoms with Gasteiger partial charge in [-0.15, -0.1) is 0 Å². The van der Waals surface area contributed by atoms with E-state index in [1.807, 2.05) is 32.0 Å². The number of hydrogen-bond acceptors (Lipinski definition) is 3. The highest BCUT2D eigenvalue weighted by molar-refractivity contribution is 7.91. The van der Waals surface area contributed by atoms with Crippen LogP contribution in [0.1, 0.15) is 24.0 Å². The second-order valence-corrected chi connectivity index (χ2v) is 7.55. The predicted octanol–water partition coefficient (Wildman–Crippen LogP) is 2.07. The molecule has 2 rings (SSSR count). The quantitative estimate of drug-likeness (QED) is 0.922. The molecule has 1 unspecified atom stereocenters. The van der Waals surface area contributed by atoms with Crippen molar-refractivity contribution >= 4 is 21.4 Å². The highest BCUT2D eigenvalue weighted by atomic mass is 32.2. The summed E-state index contributed by atoms with van der Waals surface area (Å²) in [6.45, 7) is 4.01. The molecular weight excluding hydrogens is 262 g/mol. The molecule has 19 heavy (non-hydrogen) atoms. The maximum atomic E-state index is 11.9. The van der Waals surface area contributed by atoms with Gasteiger partial charge in [-0.1, -0.05) is 6.07 Å². The van der Waals surface area contributed by atoms with E-state index in [9.17, 15) is 13.2 Å². The molecule has 1 aliphatic rings. The Balaban J connectivity index is 1.93. The Bertz CT molecular complexity index is 593. The van der Waals surface area contributed by atoms with Crippen molar-refractivity contribution in [2.75, 3.05) is 16.8 Å². The molecule has 0 radical (unpaired) electrons. The standard InChI is InChI=1S/C14H19NO3S/c1-10-3-4-13(7-11(10)2)15-14(16)8-12-5-6-19(17,18)9-12/h3-4,7,12H,5-6,8-9H2,1-2H3,(H,15,16). The average Bonchev–Trinajstić information content (AvgIpc) is 2.63. The molecule has 1 heterocycles. The lowest BCUT2D eigenvalue weighted by atomic mass is 10.0. The zero-order valence-corrected chi connectivity index (χ0v) is 12.1. The first-order valence-electron chi connectivity index (χ1n) is 6.43. The number of hydrogen-bond donors (Lipinski definition) is 1. The largest absolute Gasteiger partial charge is 0.326 e. The molecule has 104 valence electrons. The molecule has 1 fully saturated rings. The van der Waals surface area contributed by atoms with Gasteiger partial charge in [-0.2, -0.15) is 0 Å². The second kappa shape index (κ2) is 5.33. The molecule has 1 aromatic carbocycles. The summed E-state index contributed by atoms with van der Waals surface area (Å²) in [4.78, 5) is 11.9. The summed E-state index contributed by atoms with van der Waals surface area (Å²) in [5.41, 5.74) is 3.08. The number of benzene rings is 1. The number of anilines is 1. The number of rotatable bonds is 3. The summed E-state index contributed by atoms with van der Waals surface area (Å²) in [5.74, 6) is 0.226. The number of carbonyl (C=O) groups is 1. The monoisotopic (exact) mass is 281 g/mol. The molecule has 0 spiro atoms. The molecule has 0 aliphatic carbocycles. The molecule has 1 saturated heterocycles. The predicted molar refractivity (Wildman–Crippen MR) is 75.9 cm³/mol. The zero-order chi connectivity index (χ0) is 14.0. The number of carbonyl (C=O) groups excluding carboxylic acids is 1. The van der Waals surface area contributed by atoms with Crippen LogP contribution >= 0.6 is 0 Å². The lowest BCUT2D eigenvalue weighted by Gasteiger charge is -2.10. The van der Waals surface area contributed by atoms with E-state index >= 15 is 0 Å². The molecular formula is C14H19NO3S. The fourth-order valence-corrected chi connectivity index (χ4v) is 4.19. The van der Waals surface area contributed by atoms with Crippen molar-refractivity contribution in [2.45, 2.75) is 26.7 Å². The van der Waals surface area contributed by atoms with Crippen molar-refractivity contribution in [1.29, 1.82) is 0 Å². The first-order valence-corrected chi connectivity index (χ1v) is 8.25. The zero-order valence-electron chi connectivity index (χ0n) is 11.3. The molecule has 0 saturated carbocycles.